The second-order valence-electron chi connectivity index (χ2n) is 3.73. The molecule has 2 N–H and O–H groups in total. The first-order valence-corrected chi connectivity index (χ1v) is 5.79. The third-order valence-corrected chi connectivity index (χ3v) is 2.76. The van der Waals surface area contributed by atoms with Gasteiger partial charge in [-0.2, -0.15) is 0 Å². The smallest absolute Gasteiger partial charge is 0.169 e. The van der Waals surface area contributed by atoms with Gasteiger partial charge in [0.25, 0.3) is 0 Å². The molecule has 0 aliphatic rings. The highest BCUT2D eigenvalue weighted by molar-refractivity contribution is 9.10. The van der Waals surface area contributed by atoms with E-state index in [0.717, 1.165) is 6.07 Å². The van der Waals surface area contributed by atoms with Crippen LogP contribution in [0.15, 0.2) is 39.4 Å². The summed E-state index contributed by atoms with van der Waals surface area (Å²) in [4.78, 5) is 0. The lowest BCUT2D eigenvalue weighted by Crippen LogP contribution is -2.12. The lowest BCUT2D eigenvalue weighted by molar-refractivity contribution is 0.447. The van der Waals surface area contributed by atoms with Gasteiger partial charge in [0.2, 0.25) is 0 Å². The highest BCUT2D eigenvalue weighted by Gasteiger charge is 2.12. The van der Waals surface area contributed by atoms with Gasteiger partial charge in [0.05, 0.1) is 6.04 Å². The quantitative estimate of drug-likeness (QED) is 0.941. The fraction of sp³-hybridized carbons (Fsp3) is 0.167. The van der Waals surface area contributed by atoms with Crippen molar-refractivity contribution < 1.29 is 13.2 Å². The number of halogens is 3. The van der Waals surface area contributed by atoms with Gasteiger partial charge in [-0.15, -0.1) is 0 Å². The van der Waals surface area contributed by atoms with Gasteiger partial charge in [0.1, 0.15) is 17.4 Å². The topological polar surface area (TPSA) is 39.2 Å². The first kappa shape index (κ1) is 12.3. The van der Waals surface area contributed by atoms with Crippen molar-refractivity contribution in [2.75, 3.05) is 0 Å². The van der Waals surface area contributed by atoms with Crippen LogP contribution in [-0.2, 0) is 6.42 Å². The highest BCUT2D eigenvalue weighted by Crippen LogP contribution is 2.22. The Kier molecular flexibility index (Phi) is 3.59. The zero-order chi connectivity index (χ0) is 12.4. The van der Waals surface area contributed by atoms with Crippen LogP contribution in [0.5, 0.6) is 0 Å². The molecule has 2 nitrogen and oxygen atoms in total. The van der Waals surface area contributed by atoms with Crippen molar-refractivity contribution >= 4 is 15.9 Å². The van der Waals surface area contributed by atoms with Crippen molar-refractivity contribution in [2.45, 2.75) is 12.5 Å². The maximum Gasteiger partial charge on any atom is 0.169 e. The molecular formula is C12H10BrF2NO. The average Bonchev–Trinajstić information content (AvgIpc) is 2.63. The number of rotatable bonds is 3. The minimum atomic E-state index is -0.604. The summed E-state index contributed by atoms with van der Waals surface area (Å²) in [5.41, 5.74) is 6.38. The molecule has 0 bridgehead atoms. The maximum absolute atomic E-state index is 13.0. The van der Waals surface area contributed by atoms with Crippen molar-refractivity contribution in [3.63, 3.8) is 0 Å². The first-order chi connectivity index (χ1) is 8.04. The molecule has 1 atom stereocenters. The molecule has 1 unspecified atom stereocenters. The average molecular weight is 302 g/mol. The van der Waals surface area contributed by atoms with Gasteiger partial charge in [0.15, 0.2) is 4.67 Å². The van der Waals surface area contributed by atoms with E-state index < -0.39 is 17.7 Å². The lowest BCUT2D eigenvalue weighted by atomic mass is 10.0. The van der Waals surface area contributed by atoms with E-state index in [1.807, 2.05) is 0 Å². The zero-order valence-electron chi connectivity index (χ0n) is 8.79. The Bertz CT molecular complexity index is 507. The van der Waals surface area contributed by atoms with Crippen molar-refractivity contribution in [2.24, 2.45) is 5.73 Å². The van der Waals surface area contributed by atoms with Crippen molar-refractivity contribution in [3.8, 4) is 0 Å². The normalized spacial score (nSPS) is 12.7. The van der Waals surface area contributed by atoms with Crippen LogP contribution in [0.1, 0.15) is 17.4 Å². The molecule has 0 spiro atoms. The Balaban J connectivity index is 2.15. The molecule has 0 amide bonds. The molecule has 1 heterocycles. The molecule has 17 heavy (non-hydrogen) atoms. The summed E-state index contributed by atoms with van der Waals surface area (Å²) in [6.07, 6.45) is 0.314. The molecule has 0 fully saturated rings. The van der Waals surface area contributed by atoms with Gasteiger partial charge in [-0.25, -0.2) is 8.78 Å². The van der Waals surface area contributed by atoms with Gasteiger partial charge in [0, 0.05) is 6.07 Å². The second kappa shape index (κ2) is 4.98. The summed E-state index contributed by atoms with van der Waals surface area (Å²) in [7, 11) is 0. The molecule has 0 aliphatic carbocycles. The third-order valence-electron chi connectivity index (χ3n) is 2.34. The van der Waals surface area contributed by atoms with Crippen LogP contribution in [-0.4, -0.2) is 0 Å². The predicted molar refractivity (Wildman–Crippen MR) is 63.4 cm³/mol. The number of hydrogen-bond acceptors (Lipinski definition) is 2. The molecule has 0 saturated heterocycles. The lowest BCUT2D eigenvalue weighted by Gasteiger charge is -2.09. The van der Waals surface area contributed by atoms with Crippen LogP contribution in [0.2, 0.25) is 0 Å². The Labute approximate surface area is 106 Å². The van der Waals surface area contributed by atoms with Crippen LogP contribution in [0, 0.1) is 11.6 Å². The van der Waals surface area contributed by atoms with Gasteiger partial charge in [-0.1, -0.05) is 0 Å². The summed E-state index contributed by atoms with van der Waals surface area (Å²) in [6.45, 7) is 0. The van der Waals surface area contributed by atoms with E-state index >= 15 is 0 Å². The van der Waals surface area contributed by atoms with Crippen molar-refractivity contribution in [3.05, 3.63) is 58.0 Å². The molecule has 5 heteroatoms. The van der Waals surface area contributed by atoms with Crippen LogP contribution in [0.3, 0.4) is 0 Å². The molecule has 2 rings (SSSR count). The van der Waals surface area contributed by atoms with Gasteiger partial charge >= 0.3 is 0 Å². The second-order valence-corrected chi connectivity index (χ2v) is 4.51. The summed E-state index contributed by atoms with van der Waals surface area (Å²) in [5.74, 6) is -0.637. The number of benzene rings is 1. The van der Waals surface area contributed by atoms with E-state index in [9.17, 15) is 8.78 Å². The number of nitrogens with two attached hydrogens (primary N) is 1. The monoisotopic (exact) mass is 301 g/mol. The molecular weight excluding hydrogens is 292 g/mol. The van der Waals surface area contributed by atoms with E-state index in [-0.39, 0.29) is 0 Å². The molecule has 0 saturated carbocycles. The molecule has 1 aromatic carbocycles. The largest absolute Gasteiger partial charge is 0.453 e. The van der Waals surface area contributed by atoms with E-state index in [4.69, 9.17) is 10.2 Å². The maximum atomic E-state index is 13.0. The Hall–Kier alpha value is -1.20. The Morgan fingerprint density at radius 2 is 1.82 bits per heavy atom. The molecule has 0 radical (unpaired) electrons. The van der Waals surface area contributed by atoms with E-state index in [1.54, 1.807) is 12.1 Å². The van der Waals surface area contributed by atoms with Crippen LogP contribution in [0.25, 0.3) is 0 Å². The zero-order valence-corrected chi connectivity index (χ0v) is 10.4. The van der Waals surface area contributed by atoms with Crippen LogP contribution >= 0.6 is 15.9 Å². The Morgan fingerprint density at radius 3 is 2.35 bits per heavy atom. The SMILES string of the molecule is NC(Cc1cc(F)cc(F)c1)c1ccc(Br)o1. The van der Waals surface area contributed by atoms with Gasteiger partial charge in [-0.3, -0.25) is 0 Å². The first-order valence-electron chi connectivity index (χ1n) is 5.00. The summed E-state index contributed by atoms with van der Waals surface area (Å²) in [5, 5.41) is 0. The summed E-state index contributed by atoms with van der Waals surface area (Å²) >= 11 is 3.17. The molecule has 1 aromatic heterocycles. The molecule has 0 aliphatic heterocycles. The standard InChI is InChI=1S/C12H10BrF2NO/c13-12-2-1-11(17-12)10(16)5-7-3-8(14)6-9(15)4-7/h1-4,6,10H,5,16H2. The van der Waals surface area contributed by atoms with Crippen molar-refractivity contribution in [1.29, 1.82) is 0 Å². The van der Waals surface area contributed by atoms with Crippen LogP contribution in [0.4, 0.5) is 8.78 Å². The Morgan fingerprint density at radius 1 is 1.18 bits per heavy atom. The predicted octanol–water partition coefficient (Wildman–Crippen LogP) is 3.56. The number of hydrogen-bond donors (Lipinski definition) is 1. The third kappa shape index (κ3) is 3.14. The minimum Gasteiger partial charge on any atom is -0.453 e. The van der Waals surface area contributed by atoms with Crippen molar-refractivity contribution in [1.82, 2.24) is 0 Å². The minimum absolute atomic E-state index is 0.314. The van der Waals surface area contributed by atoms with Gasteiger partial charge < -0.3 is 10.2 Å². The highest BCUT2D eigenvalue weighted by atomic mass is 79.9. The fourth-order valence-electron chi connectivity index (χ4n) is 1.61. The van der Waals surface area contributed by atoms with Crippen LogP contribution < -0.4 is 5.73 Å². The number of furan rings is 1. The fourth-order valence-corrected chi connectivity index (χ4v) is 1.93. The molecule has 90 valence electrons. The van der Waals surface area contributed by atoms with E-state index in [0.29, 0.717) is 22.4 Å². The van der Waals surface area contributed by atoms with Gasteiger partial charge in [-0.05, 0) is 52.2 Å². The molecule has 2 aromatic rings. The summed E-state index contributed by atoms with van der Waals surface area (Å²) in [6, 6.07) is 6.38. The van der Waals surface area contributed by atoms with E-state index in [1.165, 1.54) is 12.1 Å². The van der Waals surface area contributed by atoms with E-state index in [2.05, 4.69) is 15.9 Å². The summed E-state index contributed by atoms with van der Waals surface area (Å²) < 4.78 is 31.8.